The number of carbonyl (C=O) groups excluding carboxylic acids is 1. The predicted molar refractivity (Wildman–Crippen MR) is 82.9 cm³/mol. The minimum Gasteiger partial charge on any atom is -0.480 e. The molecule has 116 valence electrons. The second-order valence-electron chi connectivity index (χ2n) is 5.57. The second-order valence-corrected chi connectivity index (χ2v) is 5.57. The van der Waals surface area contributed by atoms with Crippen LogP contribution in [0.2, 0.25) is 0 Å². The summed E-state index contributed by atoms with van der Waals surface area (Å²) in [5, 5.41) is 9.60. The number of hydrogen-bond acceptors (Lipinski definition) is 3. The molecule has 1 aromatic heterocycles. The van der Waals surface area contributed by atoms with Gasteiger partial charge >= 0.3 is 5.97 Å². The maximum atomic E-state index is 12.7. The molecule has 0 radical (unpaired) electrons. The number of H-pyrrole nitrogens is 1. The Morgan fingerprint density at radius 1 is 1.27 bits per heavy atom. The number of benzene rings is 1. The maximum absolute atomic E-state index is 12.7. The number of fused-ring (bicyclic) bond motifs is 1. The van der Waals surface area contributed by atoms with Gasteiger partial charge in [-0.3, -0.25) is 14.4 Å². The van der Waals surface area contributed by atoms with E-state index in [-0.39, 0.29) is 17.0 Å². The van der Waals surface area contributed by atoms with E-state index in [1.807, 2.05) is 13.8 Å². The lowest BCUT2D eigenvalue weighted by Gasteiger charge is -2.23. The van der Waals surface area contributed by atoms with E-state index in [0.717, 1.165) is 0 Å². The van der Waals surface area contributed by atoms with Crippen LogP contribution in [0.1, 0.15) is 24.2 Å². The Bertz CT molecular complexity index is 764. The van der Waals surface area contributed by atoms with Gasteiger partial charge in [-0.25, -0.2) is 0 Å². The Morgan fingerprint density at radius 3 is 2.59 bits per heavy atom. The fraction of sp³-hybridized carbons (Fsp3) is 0.312. The molecule has 0 saturated carbocycles. The first kappa shape index (κ1) is 15.8. The summed E-state index contributed by atoms with van der Waals surface area (Å²) in [5.41, 5.74) is 0.390. The Labute approximate surface area is 127 Å². The number of hydrogen-bond donors (Lipinski definition) is 2. The molecule has 0 bridgehead atoms. The summed E-state index contributed by atoms with van der Waals surface area (Å²) in [6.45, 7) is 3.72. The molecule has 6 nitrogen and oxygen atoms in total. The molecule has 1 amide bonds. The normalized spacial score (nSPS) is 10.9. The molecule has 2 aromatic rings. The molecule has 0 saturated heterocycles. The van der Waals surface area contributed by atoms with Crippen molar-refractivity contribution >= 4 is 22.8 Å². The highest BCUT2D eigenvalue weighted by atomic mass is 16.4. The number of nitrogens with zero attached hydrogens (tertiary/aromatic N) is 1. The van der Waals surface area contributed by atoms with Crippen LogP contribution in [0.4, 0.5) is 0 Å². The van der Waals surface area contributed by atoms with Gasteiger partial charge in [-0.05, 0) is 12.0 Å². The molecule has 0 fully saturated rings. The van der Waals surface area contributed by atoms with Gasteiger partial charge in [0.15, 0.2) is 0 Å². The van der Waals surface area contributed by atoms with Crippen LogP contribution in [-0.2, 0) is 4.79 Å². The number of aromatic nitrogens is 1. The standard InChI is InChI=1S/C16H18N2O4/c1-10(2)8-18(9-15(20)21)16(22)12-7-14(19)17-13-6-4-3-5-11(12)13/h3-7,10H,8-9H2,1-2H3,(H,17,19)(H,20,21). The quantitative estimate of drug-likeness (QED) is 0.879. The monoisotopic (exact) mass is 302 g/mol. The van der Waals surface area contributed by atoms with Gasteiger partial charge in [0.05, 0.1) is 5.56 Å². The topological polar surface area (TPSA) is 90.5 Å². The molecule has 0 aliphatic heterocycles. The van der Waals surface area contributed by atoms with Gasteiger partial charge in [-0.1, -0.05) is 32.0 Å². The van der Waals surface area contributed by atoms with Gasteiger partial charge in [-0.2, -0.15) is 0 Å². The van der Waals surface area contributed by atoms with E-state index in [0.29, 0.717) is 17.4 Å². The highest BCUT2D eigenvalue weighted by Crippen LogP contribution is 2.17. The van der Waals surface area contributed by atoms with Crippen LogP contribution < -0.4 is 5.56 Å². The first-order valence-corrected chi connectivity index (χ1v) is 7.01. The molecule has 0 aliphatic rings. The molecule has 0 aliphatic carbocycles. The summed E-state index contributed by atoms with van der Waals surface area (Å²) in [6.07, 6.45) is 0. The van der Waals surface area contributed by atoms with Crippen LogP contribution in [0, 0.1) is 5.92 Å². The summed E-state index contributed by atoms with van der Waals surface area (Å²) >= 11 is 0. The second kappa shape index (κ2) is 6.43. The Hall–Kier alpha value is -2.63. The number of para-hydroxylation sites is 1. The van der Waals surface area contributed by atoms with E-state index in [1.54, 1.807) is 24.3 Å². The van der Waals surface area contributed by atoms with E-state index in [2.05, 4.69) is 4.98 Å². The lowest BCUT2D eigenvalue weighted by atomic mass is 10.1. The van der Waals surface area contributed by atoms with E-state index < -0.39 is 18.4 Å². The van der Waals surface area contributed by atoms with Crippen molar-refractivity contribution in [2.75, 3.05) is 13.1 Å². The summed E-state index contributed by atoms with van der Waals surface area (Å²) in [5.74, 6) is -1.40. The zero-order valence-electron chi connectivity index (χ0n) is 12.5. The molecular formula is C16H18N2O4. The van der Waals surface area contributed by atoms with Crippen LogP contribution >= 0.6 is 0 Å². The van der Waals surface area contributed by atoms with Crippen LogP contribution in [-0.4, -0.2) is 40.0 Å². The van der Waals surface area contributed by atoms with Gasteiger partial charge in [0.2, 0.25) is 5.56 Å². The average Bonchev–Trinajstić information content (AvgIpc) is 2.43. The van der Waals surface area contributed by atoms with Gasteiger partial charge in [0, 0.05) is 23.5 Å². The van der Waals surface area contributed by atoms with Crippen molar-refractivity contribution in [1.82, 2.24) is 9.88 Å². The molecule has 0 unspecified atom stereocenters. The number of nitrogens with one attached hydrogen (secondary N) is 1. The van der Waals surface area contributed by atoms with Gasteiger partial charge in [0.25, 0.3) is 5.91 Å². The summed E-state index contributed by atoms with van der Waals surface area (Å²) in [4.78, 5) is 39.3. The Morgan fingerprint density at radius 2 is 1.95 bits per heavy atom. The molecule has 0 atom stereocenters. The lowest BCUT2D eigenvalue weighted by molar-refractivity contribution is -0.137. The Kier molecular flexibility index (Phi) is 4.60. The number of carboxylic acids is 1. The zero-order chi connectivity index (χ0) is 16.3. The molecular weight excluding hydrogens is 284 g/mol. The first-order chi connectivity index (χ1) is 10.4. The minimum atomic E-state index is -1.08. The van der Waals surface area contributed by atoms with Crippen LogP contribution in [0.3, 0.4) is 0 Å². The number of carbonyl (C=O) groups is 2. The molecule has 1 heterocycles. The molecule has 22 heavy (non-hydrogen) atoms. The van der Waals surface area contributed by atoms with Crippen molar-refractivity contribution in [1.29, 1.82) is 0 Å². The summed E-state index contributed by atoms with van der Waals surface area (Å²) in [6, 6.07) is 8.18. The molecule has 0 spiro atoms. The van der Waals surface area contributed by atoms with Gasteiger partial charge < -0.3 is 15.0 Å². The fourth-order valence-corrected chi connectivity index (χ4v) is 2.38. The van der Waals surface area contributed by atoms with Crippen molar-refractivity contribution in [2.24, 2.45) is 5.92 Å². The third-order valence-electron chi connectivity index (χ3n) is 3.18. The van der Waals surface area contributed by atoms with Crippen molar-refractivity contribution in [3.05, 3.63) is 46.2 Å². The van der Waals surface area contributed by atoms with Crippen molar-refractivity contribution in [3.8, 4) is 0 Å². The summed E-state index contributed by atoms with van der Waals surface area (Å²) < 4.78 is 0. The number of pyridine rings is 1. The van der Waals surface area contributed by atoms with Crippen molar-refractivity contribution in [2.45, 2.75) is 13.8 Å². The number of aliphatic carboxylic acids is 1. The van der Waals surface area contributed by atoms with Crippen molar-refractivity contribution in [3.63, 3.8) is 0 Å². The van der Waals surface area contributed by atoms with Crippen LogP contribution in [0.25, 0.3) is 10.9 Å². The fourth-order valence-electron chi connectivity index (χ4n) is 2.38. The van der Waals surface area contributed by atoms with E-state index >= 15 is 0 Å². The SMILES string of the molecule is CC(C)CN(CC(=O)O)C(=O)c1cc(=O)[nH]c2ccccc12. The van der Waals surface area contributed by atoms with E-state index in [1.165, 1.54) is 11.0 Å². The average molecular weight is 302 g/mol. The minimum absolute atomic E-state index is 0.122. The highest BCUT2D eigenvalue weighted by molar-refractivity contribution is 6.06. The van der Waals surface area contributed by atoms with Crippen LogP contribution in [0.15, 0.2) is 35.1 Å². The molecule has 2 rings (SSSR count). The predicted octanol–water partition coefficient (Wildman–Crippen LogP) is 1.71. The Balaban J connectivity index is 2.50. The number of carboxylic acid groups (broad SMARTS) is 1. The molecule has 6 heteroatoms. The molecule has 1 aromatic carbocycles. The number of amides is 1. The van der Waals surface area contributed by atoms with E-state index in [4.69, 9.17) is 5.11 Å². The third kappa shape index (κ3) is 3.52. The van der Waals surface area contributed by atoms with Crippen LogP contribution in [0.5, 0.6) is 0 Å². The summed E-state index contributed by atoms with van der Waals surface area (Å²) in [7, 11) is 0. The smallest absolute Gasteiger partial charge is 0.323 e. The number of rotatable bonds is 5. The van der Waals surface area contributed by atoms with Gasteiger partial charge in [0.1, 0.15) is 6.54 Å². The van der Waals surface area contributed by atoms with E-state index in [9.17, 15) is 14.4 Å². The molecule has 2 N–H and O–H groups in total. The van der Waals surface area contributed by atoms with Crippen molar-refractivity contribution < 1.29 is 14.7 Å². The number of aromatic amines is 1. The lowest BCUT2D eigenvalue weighted by Crippen LogP contribution is -2.38. The zero-order valence-corrected chi connectivity index (χ0v) is 12.5. The third-order valence-corrected chi connectivity index (χ3v) is 3.18. The first-order valence-electron chi connectivity index (χ1n) is 7.01. The highest BCUT2D eigenvalue weighted by Gasteiger charge is 2.21. The van der Waals surface area contributed by atoms with Gasteiger partial charge in [-0.15, -0.1) is 0 Å². The maximum Gasteiger partial charge on any atom is 0.323 e. The largest absolute Gasteiger partial charge is 0.480 e.